The lowest BCUT2D eigenvalue weighted by Crippen LogP contribution is -2.35. The van der Waals surface area contributed by atoms with Gasteiger partial charge in [-0.3, -0.25) is 9.69 Å². The van der Waals surface area contributed by atoms with Crippen molar-refractivity contribution in [1.82, 2.24) is 4.90 Å². The van der Waals surface area contributed by atoms with Crippen LogP contribution in [-0.2, 0) is 4.79 Å². The summed E-state index contributed by atoms with van der Waals surface area (Å²) in [6, 6.07) is 3.33. The molecule has 0 atom stereocenters. The van der Waals surface area contributed by atoms with E-state index >= 15 is 0 Å². The zero-order valence-corrected chi connectivity index (χ0v) is 13.7. The lowest BCUT2D eigenvalue weighted by atomic mass is 10.2. The highest BCUT2D eigenvalue weighted by Gasteiger charge is 2.14. The van der Waals surface area contributed by atoms with E-state index in [0.717, 1.165) is 0 Å². The van der Waals surface area contributed by atoms with Gasteiger partial charge in [0.1, 0.15) is 0 Å². The number of nitrogens with two attached hydrogens (primary N) is 1. The summed E-state index contributed by atoms with van der Waals surface area (Å²) in [6.45, 7) is 5.18. The normalized spacial score (nSPS) is 11.2. The summed E-state index contributed by atoms with van der Waals surface area (Å²) in [5, 5.41) is 12.3. The smallest absolute Gasteiger partial charge is 0.225 e. The molecule has 0 radical (unpaired) electrons. The van der Waals surface area contributed by atoms with Crippen molar-refractivity contribution in [3.05, 3.63) is 22.2 Å². The van der Waals surface area contributed by atoms with Crippen molar-refractivity contribution in [3.63, 3.8) is 0 Å². The number of carbonyl (C=O) groups excluding carboxylic acids is 1. The van der Waals surface area contributed by atoms with Crippen molar-refractivity contribution in [2.24, 2.45) is 0 Å². The predicted octanol–water partition coefficient (Wildman–Crippen LogP) is 2.61. The average molecular weight is 334 g/mol. The zero-order chi connectivity index (χ0) is 16.0. The predicted molar refractivity (Wildman–Crippen MR) is 87.9 cm³/mol. The number of nitrogens with one attached hydrogen (secondary N) is 1. The highest BCUT2D eigenvalue weighted by molar-refractivity contribution is 6.40. The molecule has 0 aliphatic rings. The molecule has 1 aromatic carbocycles. The lowest BCUT2D eigenvalue weighted by molar-refractivity contribution is -0.116. The molecule has 0 fully saturated rings. The van der Waals surface area contributed by atoms with E-state index in [9.17, 15) is 4.79 Å². The molecule has 21 heavy (non-hydrogen) atoms. The number of carbonyl (C=O) groups is 1. The molecular weight excluding hydrogens is 313 g/mol. The number of aliphatic hydroxyl groups is 1. The van der Waals surface area contributed by atoms with Crippen molar-refractivity contribution in [3.8, 4) is 0 Å². The Hall–Kier alpha value is -1.01. The lowest BCUT2D eigenvalue weighted by Gasteiger charge is -2.25. The minimum absolute atomic E-state index is 0.0649. The number of halogens is 2. The molecule has 0 saturated heterocycles. The summed E-state index contributed by atoms with van der Waals surface area (Å²) in [5.74, 6) is -0.188. The Morgan fingerprint density at radius 2 is 1.90 bits per heavy atom. The van der Waals surface area contributed by atoms with Gasteiger partial charge in [-0.15, -0.1) is 0 Å². The van der Waals surface area contributed by atoms with Crippen LogP contribution in [0.4, 0.5) is 11.4 Å². The Bertz CT molecular complexity index is 472. The number of hydrogen-bond acceptors (Lipinski definition) is 4. The van der Waals surface area contributed by atoms with Crippen LogP contribution in [0.15, 0.2) is 12.1 Å². The van der Waals surface area contributed by atoms with Crippen molar-refractivity contribution >= 4 is 40.5 Å². The highest BCUT2D eigenvalue weighted by Crippen LogP contribution is 2.32. The molecule has 0 spiro atoms. The van der Waals surface area contributed by atoms with Gasteiger partial charge < -0.3 is 16.2 Å². The molecule has 0 aliphatic carbocycles. The van der Waals surface area contributed by atoms with Crippen LogP contribution in [0, 0.1) is 0 Å². The molecule has 5 nitrogen and oxygen atoms in total. The maximum absolute atomic E-state index is 12.0. The minimum Gasteiger partial charge on any atom is -0.399 e. The molecule has 1 rings (SSSR count). The molecule has 0 heterocycles. The first kappa shape index (κ1) is 18.0. The molecule has 0 saturated carbocycles. The minimum atomic E-state index is -0.188. The fourth-order valence-corrected chi connectivity index (χ4v) is 2.51. The van der Waals surface area contributed by atoms with Crippen LogP contribution < -0.4 is 11.1 Å². The third-order valence-corrected chi connectivity index (χ3v) is 3.67. The number of aliphatic hydroxyl groups excluding tert-OH is 1. The van der Waals surface area contributed by atoms with Gasteiger partial charge in [0.05, 0.1) is 22.3 Å². The van der Waals surface area contributed by atoms with Crippen LogP contribution in [0.3, 0.4) is 0 Å². The number of nitrogen functional groups attached to an aromatic ring is 1. The van der Waals surface area contributed by atoms with Crippen LogP contribution >= 0.6 is 23.2 Å². The molecule has 118 valence electrons. The maximum Gasteiger partial charge on any atom is 0.225 e. The van der Waals surface area contributed by atoms with E-state index in [4.69, 9.17) is 34.0 Å². The van der Waals surface area contributed by atoms with E-state index in [1.807, 2.05) is 18.7 Å². The summed E-state index contributed by atoms with van der Waals surface area (Å²) in [4.78, 5) is 14.0. The van der Waals surface area contributed by atoms with Crippen molar-refractivity contribution < 1.29 is 9.90 Å². The van der Waals surface area contributed by atoms with Crippen molar-refractivity contribution in [2.75, 3.05) is 30.7 Å². The van der Waals surface area contributed by atoms with E-state index in [1.165, 1.54) is 12.1 Å². The Morgan fingerprint density at radius 1 is 1.33 bits per heavy atom. The van der Waals surface area contributed by atoms with Gasteiger partial charge >= 0.3 is 0 Å². The summed E-state index contributed by atoms with van der Waals surface area (Å²) >= 11 is 12.0. The first-order valence-electron chi connectivity index (χ1n) is 6.74. The third kappa shape index (κ3) is 5.71. The zero-order valence-electron chi connectivity index (χ0n) is 12.2. The van der Waals surface area contributed by atoms with Crippen molar-refractivity contribution in [1.29, 1.82) is 0 Å². The Balaban J connectivity index is 2.62. The number of anilines is 2. The van der Waals surface area contributed by atoms with Crippen LogP contribution in [0.25, 0.3) is 0 Å². The number of benzene rings is 1. The molecule has 7 heteroatoms. The van der Waals surface area contributed by atoms with Gasteiger partial charge in [-0.25, -0.2) is 0 Å². The van der Waals surface area contributed by atoms with Crippen LogP contribution in [-0.4, -0.2) is 41.7 Å². The van der Waals surface area contributed by atoms with E-state index in [1.54, 1.807) is 0 Å². The quantitative estimate of drug-likeness (QED) is 0.670. The second kappa shape index (κ2) is 8.44. The molecule has 1 amide bonds. The first-order chi connectivity index (χ1) is 9.85. The van der Waals surface area contributed by atoms with Gasteiger partial charge in [-0.05, 0) is 26.0 Å². The second-order valence-corrected chi connectivity index (χ2v) is 5.83. The second-order valence-electron chi connectivity index (χ2n) is 5.01. The highest BCUT2D eigenvalue weighted by atomic mass is 35.5. The molecule has 0 aromatic heterocycles. The van der Waals surface area contributed by atoms with Crippen LogP contribution in [0.5, 0.6) is 0 Å². The van der Waals surface area contributed by atoms with Gasteiger partial charge in [0.2, 0.25) is 5.91 Å². The molecular formula is C14H21Cl2N3O2. The summed E-state index contributed by atoms with van der Waals surface area (Å²) in [5.41, 5.74) is 6.42. The van der Waals surface area contributed by atoms with Gasteiger partial charge in [0.15, 0.2) is 0 Å². The van der Waals surface area contributed by atoms with Crippen molar-refractivity contribution in [2.45, 2.75) is 26.3 Å². The number of rotatable bonds is 7. The average Bonchev–Trinajstić information content (AvgIpc) is 2.38. The topological polar surface area (TPSA) is 78.6 Å². The standard InChI is InChI=1S/C14H21Cl2N3O2/c1-9(2)19(5-6-20)4-3-13(21)18-14-11(15)7-10(17)8-12(14)16/h7-9,20H,3-6,17H2,1-2H3,(H,18,21). The Morgan fingerprint density at radius 3 is 2.38 bits per heavy atom. The van der Waals surface area contributed by atoms with E-state index < -0.39 is 0 Å². The summed E-state index contributed by atoms with van der Waals surface area (Å²) in [7, 11) is 0. The van der Waals surface area contributed by atoms with E-state index in [2.05, 4.69) is 5.32 Å². The van der Waals surface area contributed by atoms with E-state index in [0.29, 0.717) is 34.5 Å². The van der Waals surface area contributed by atoms with Gasteiger partial charge in [0.25, 0.3) is 0 Å². The van der Waals surface area contributed by atoms with Gasteiger partial charge in [-0.2, -0.15) is 0 Å². The van der Waals surface area contributed by atoms with Crippen LogP contribution in [0.2, 0.25) is 10.0 Å². The summed E-state index contributed by atoms with van der Waals surface area (Å²) in [6.07, 6.45) is 0.287. The Kier molecular flexibility index (Phi) is 7.25. The van der Waals surface area contributed by atoms with Gasteiger partial charge in [-0.1, -0.05) is 23.2 Å². The van der Waals surface area contributed by atoms with Gasteiger partial charge in [0, 0.05) is 31.2 Å². The number of nitrogens with zero attached hydrogens (tertiary/aromatic N) is 1. The molecule has 0 bridgehead atoms. The third-order valence-electron chi connectivity index (χ3n) is 3.07. The molecule has 0 unspecified atom stereocenters. The fraction of sp³-hybridized carbons (Fsp3) is 0.500. The summed E-state index contributed by atoms with van der Waals surface area (Å²) < 4.78 is 0. The maximum atomic E-state index is 12.0. The molecule has 4 N–H and O–H groups in total. The number of amides is 1. The Labute approximate surface area is 135 Å². The molecule has 0 aliphatic heterocycles. The molecule has 1 aromatic rings. The largest absolute Gasteiger partial charge is 0.399 e. The van der Waals surface area contributed by atoms with E-state index in [-0.39, 0.29) is 25.0 Å². The van der Waals surface area contributed by atoms with Crippen LogP contribution in [0.1, 0.15) is 20.3 Å². The fourth-order valence-electron chi connectivity index (χ4n) is 1.92. The monoisotopic (exact) mass is 333 g/mol. The number of hydrogen-bond donors (Lipinski definition) is 3. The first-order valence-corrected chi connectivity index (χ1v) is 7.50. The SMILES string of the molecule is CC(C)N(CCO)CCC(=O)Nc1c(Cl)cc(N)cc1Cl.